The van der Waals surface area contributed by atoms with Gasteiger partial charge in [0, 0.05) is 25.0 Å². The van der Waals surface area contributed by atoms with Gasteiger partial charge in [-0.1, -0.05) is 43.9 Å². The molecule has 3 heterocycles. The lowest BCUT2D eigenvalue weighted by Crippen LogP contribution is -2.47. The fourth-order valence-corrected chi connectivity index (χ4v) is 6.32. The maximum Gasteiger partial charge on any atom is 0.289 e. The van der Waals surface area contributed by atoms with Gasteiger partial charge in [0.05, 0.1) is 5.75 Å². The molecule has 28 heavy (non-hydrogen) atoms. The van der Waals surface area contributed by atoms with E-state index in [1.807, 2.05) is 4.90 Å². The van der Waals surface area contributed by atoms with E-state index in [0.717, 1.165) is 48.6 Å². The van der Waals surface area contributed by atoms with E-state index in [9.17, 15) is 14.4 Å². The number of carbonyl (C=O) groups excluding carboxylic acids is 3. The van der Waals surface area contributed by atoms with Crippen LogP contribution in [0.4, 0.5) is 4.79 Å². The minimum absolute atomic E-state index is 0.0691. The number of likely N-dealkylation sites (tertiary alicyclic amines) is 2. The first-order chi connectivity index (χ1) is 13.5. The van der Waals surface area contributed by atoms with E-state index >= 15 is 0 Å². The molecule has 0 radical (unpaired) electrons. The van der Waals surface area contributed by atoms with E-state index in [0.29, 0.717) is 0 Å². The number of rotatable bonds is 5. The molecule has 3 aliphatic heterocycles. The molecule has 0 N–H and O–H groups in total. The first-order valence-corrected chi connectivity index (χ1v) is 12.0. The summed E-state index contributed by atoms with van der Waals surface area (Å²) in [6.07, 6.45) is 11.8. The van der Waals surface area contributed by atoms with Gasteiger partial charge in [0.15, 0.2) is 0 Å². The van der Waals surface area contributed by atoms with Crippen LogP contribution in [0.3, 0.4) is 0 Å². The minimum atomic E-state index is -0.279. The van der Waals surface area contributed by atoms with Crippen molar-refractivity contribution in [2.24, 2.45) is 11.3 Å². The highest BCUT2D eigenvalue weighted by Gasteiger charge is 2.43. The Morgan fingerprint density at radius 1 is 1.04 bits per heavy atom. The fourth-order valence-electron chi connectivity index (χ4n) is 5.59. The molecule has 4 aliphatic rings. The molecular formula is C21H33N3O3S. The molecule has 6 nitrogen and oxygen atoms in total. The van der Waals surface area contributed by atoms with Crippen LogP contribution in [0.15, 0.2) is 0 Å². The summed E-state index contributed by atoms with van der Waals surface area (Å²) in [6.45, 7) is 4.96. The largest absolute Gasteiger partial charge is 0.341 e. The number of amides is 3. The molecule has 156 valence electrons. The van der Waals surface area contributed by atoms with Gasteiger partial charge in [-0.3, -0.25) is 19.3 Å². The van der Waals surface area contributed by atoms with Gasteiger partial charge in [-0.05, 0) is 44.7 Å². The Morgan fingerprint density at radius 3 is 2.61 bits per heavy atom. The maximum absolute atomic E-state index is 12.7. The average Bonchev–Trinajstić information content (AvgIpc) is 3.25. The van der Waals surface area contributed by atoms with Crippen molar-refractivity contribution in [2.75, 3.05) is 45.0 Å². The van der Waals surface area contributed by atoms with Crippen molar-refractivity contribution in [1.82, 2.24) is 14.7 Å². The SMILES string of the molecule is O=C(CN1C(=O)CSC1=O)N1CCC2(CCCN(CCC3CCCCC3)C2)C1. The number of thioether (sulfide) groups is 1. The van der Waals surface area contributed by atoms with Crippen molar-refractivity contribution in [3.8, 4) is 0 Å². The zero-order chi connectivity index (χ0) is 19.6. The van der Waals surface area contributed by atoms with Crippen LogP contribution >= 0.6 is 11.8 Å². The minimum Gasteiger partial charge on any atom is -0.341 e. The Morgan fingerprint density at radius 2 is 1.86 bits per heavy atom. The van der Waals surface area contributed by atoms with E-state index in [1.54, 1.807) is 0 Å². The molecule has 0 aromatic carbocycles. The van der Waals surface area contributed by atoms with Crippen molar-refractivity contribution >= 4 is 28.8 Å². The molecule has 1 aliphatic carbocycles. The Balaban J connectivity index is 1.27. The topological polar surface area (TPSA) is 60.9 Å². The van der Waals surface area contributed by atoms with Gasteiger partial charge in [-0.15, -0.1) is 0 Å². The predicted molar refractivity (Wildman–Crippen MR) is 110 cm³/mol. The van der Waals surface area contributed by atoms with Gasteiger partial charge in [0.2, 0.25) is 11.8 Å². The van der Waals surface area contributed by atoms with Crippen LogP contribution in [-0.4, -0.2) is 76.8 Å². The molecule has 1 atom stereocenters. The molecule has 4 fully saturated rings. The van der Waals surface area contributed by atoms with Gasteiger partial charge in [0.25, 0.3) is 5.24 Å². The Hall–Kier alpha value is -1.08. The second-order valence-electron chi connectivity index (χ2n) is 9.27. The first-order valence-electron chi connectivity index (χ1n) is 11.0. The highest BCUT2D eigenvalue weighted by Crippen LogP contribution is 2.39. The van der Waals surface area contributed by atoms with E-state index in [1.165, 1.54) is 64.5 Å². The van der Waals surface area contributed by atoms with E-state index in [4.69, 9.17) is 0 Å². The number of hydrogen-bond donors (Lipinski definition) is 0. The smallest absolute Gasteiger partial charge is 0.289 e. The molecule has 0 aromatic rings. The van der Waals surface area contributed by atoms with E-state index in [-0.39, 0.29) is 34.8 Å². The standard InChI is InChI=1S/C21H33N3O3S/c25-18(13-24-19(26)14-28-20(24)27)23-12-9-21(16-23)8-4-10-22(15-21)11-7-17-5-2-1-3-6-17/h17H,1-16H2. The summed E-state index contributed by atoms with van der Waals surface area (Å²) >= 11 is 0.997. The van der Waals surface area contributed by atoms with Crippen molar-refractivity contribution in [2.45, 2.75) is 57.8 Å². The summed E-state index contributed by atoms with van der Waals surface area (Å²) in [6, 6.07) is 0. The average molecular weight is 408 g/mol. The van der Waals surface area contributed by atoms with Crippen LogP contribution in [0.1, 0.15) is 57.8 Å². The molecule has 3 saturated heterocycles. The monoisotopic (exact) mass is 407 g/mol. The zero-order valence-corrected chi connectivity index (χ0v) is 17.7. The Bertz CT molecular complexity index is 606. The predicted octanol–water partition coefficient (Wildman–Crippen LogP) is 2.97. The van der Waals surface area contributed by atoms with Gasteiger partial charge in [-0.2, -0.15) is 0 Å². The third-order valence-electron chi connectivity index (χ3n) is 7.24. The van der Waals surface area contributed by atoms with Crippen molar-refractivity contribution in [3.05, 3.63) is 0 Å². The van der Waals surface area contributed by atoms with Crippen molar-refractivity contribution in [3.63, 3.8) is 0 Å². The lowest BCUT2D eigenvalue weighted by Gasteiger charge is -2.41. The Labute approximate surface area is 172 Å². The van der Waals surface area contributed by atoms with Crippen LogP contribution in [0.5, 0.6) is 0 Å². The van der Waals surface area contributed by atoms with Crippen LogP contribution in [-0.2, 0) is 9.59 Å². The summed E-state index contributed by atoms with van der Waals surface area (Å²) < 4.78 is 0. The van der Waals surface area contributed by atoms with Crippen LogP contribution in [0.2, 0.25) is 0 Å². The molecule has 1 saturated carbocycles. The summed E-state index contributed by atoms with van der Waals surface area (Å²) in [4.78, 5) is 41.9. The summed E-state index contributed by atoms with van der Waals surface area (Å²) in [5, 5.41) is -0.279. The molecule has 4 rings (SSSR count). The van der Waals surface area contributed by atoms with Crippen molar-refractivity contribution < 1.29 is 14.4 Å². The van der Waals surface area contributed by atoms with E-state index < -0.39 is 0 Å². The Kier molecular flexibility index (Phi) is 6.30. The molecule has 1 spiro atoms. The number of carbonyl (C=O) groups is 3. The fraction of sp³-hybridized carbons (Fsp3) is 0.857. The second-order valence-corrected chi connectivity index (χ2v) is 10.2. The van der Waals surface area contributed by atoms with Crippen molar-refractivity contribution in [1.29, 1.82) is 0 Å². The lowest BCUT2D eigenvalue weighted by atomic mass is 9.79. The number of piperidine rings is 1. The molecule has 0 aromatic heterocycles. The highest BCUT2D eigenvalue weighted by atomic mass is 32.2. The van der Waals surface area contributed by atoms with Crippen LogP contribution in [0.25, 0.3) is 0 Å². The first kappa shape index (κ1) is 20.2. The van der Waals surface area contributed by atoms with E-state index in [2.05, 4.69) is 4.90 Å². The molecule has 1 unspecified atom stereocenters. The lowest BCUT2D eigenvalue weighted by molar-refractivity contribution is -0.136. The summed E-state index contributed by atoms with van der Waals surface area (Å²) in [7, 11) is 0. The second kappa shape index (κ2) is 8.74. The molecule has 0 bridgehead atoms. The maximum atomic E-state index is 12.7. The quantitative estimate of drug-likeness (QED) is 0.701. The van der Waals surface area contributed by atoms with Gasteiger partial charge in [0.1, 0.15) is 6.54 Å². The third-order valence-corrected chi connectivity index (χ3v) is 8.10. The number of nitrogens with zero attached hydrogens (tertiary/aromatic N) is 3. The highest BCUT2D eigenvalue weighted by molar-refractivity contribution is 8.14. The molecule has 7 heteroatoms. The number of hydrogen-bond acceptors (Lipinski definition) is 5. The molecule has 3 amide bonds. The van der Waals surface area contributed by atoms with Crippen LogP contribution < -0.4 is 0 Å². The third kappa shape index (κ3) is 4.56. The summed E-state index contributed by atoms with van der Waals surface area (Å²) in [5.41, 5.74) is 0.217. The van der Waals surface area contributed by atoms with Gasteiger partial charge < -0.3 is 9.80 Å². The van der Waals surface area contributed by atoms with Gasteiger partial charge in [-0.25, -0.2) is 0 Å². The molecular weight excluding hydrogens is 374 g/mol. The van der Waals surface area contributed by atoms with Crippen LogP contribution in [0, 0.1) is 11.3 Å². The zero-order valence-electron chi connectivity index (χ0n) is 16.9. The summed E-state index contributed by atoms with van der Waals surface area (Å²) in [5.74, 6) is 0.789. The van der Waals surface area contributed by atoms with Gasteiger partial charge >= 0.3 is 0 Å². The normalized spacial score (nSPS) is 30.0. The number of imide groups is 1.